The number of methoxy groups -OCH3 is 1. The number of rotatable bonds is 4. The molecule has 7 nitrogen and oxygen atoms in total. The minimum absolute atomic E-state index is 0.0608. The summed E-state index contributed by atoms with van der Waals surface area (Å²) in [5, 5.41) is 14.8. The molecule has 0 bridgehead atoms. The van der Waals surface area contributed by atoms with Crippen LogP contribution in [-0.4, -0.2) is 19.1 Å². The maximum atomic E-state index is 11.1. The van der Waals surface area contributed by atoms with Crippen molar-refractivity contribution in [1.82, 2.24) is 5.32 Å². The van der Waals surface area contributed by atoms with E-state index in [4.69, 9.17) is 10.8 Å². The molecule has 7 heteroatoms. The molecule has 0 aromatic rings. The van der Waals surface area contributed by atoms with Gasteiger partial charge in [0, 0.05) is 11.0 Å². The van der Waals surface area contributed by atoms with Crippen LogP contribution in [0, 0.1) is 11.3 Å². The second kappa shape index (κ2) is 4.88. The Hall–Kier alpha value is -2.19. The highest BCUT2D eigenvalue weighted by Gasteiger charge is 2.24. The summed E-state index contributed by atoms with van der Waals surface area (Å²) in [6.07, 6.45) is 1.87. The van der Waals surface area contributed by atoms with E-state index in [9.17, 15) is 4.79 Å². The van der Waals surface area contributed by atoms with E-state index in [2.05, 4.69) is 20.1 Å². The molecule has 1 N–H and O–H groups in total. The zero-order chi connectivity index (χ0) is 11.3. The number of hydrogen-bond acceptors (Lipinski definition) is 5. The van der Waals surface area contributed by atoms with Gasteiger partial charge in [-0.2, -0.15) is 5.26 Å². The third kappa shape index (κ3) is 2.90. The Morgan fingerprint density at radius 3 is 2.80 bits per heavy atom. The smallest absolute Gasteiger partial charge is 0.350 e. The first-order valence-corrected chi connectivity index (χ1v) is 4.27. The second-order valence-electron chi connectivity index (χ2n) is 2.94. The van der Waals surface area contributed by atoms with Crippen LogP contribution in [0.2, 0.25) is 0 Å². The van der Waals surface area contributed by atoms with Gasteiger partial charge in [0.15, 0.2) is 5.57 Å². The van der Waals surface area contributed by atoms with Gasteiger partial charge in [-0.15, -0.1) is 0 Å². The molecule has 0 amide bonds. The highest BCUT2D eigenvalue weighted by Crippen LogP contribution is 2.21. The van der Waals surface area contributed by atoms with E-state index < -0.39 is 5.97 Å². The number of esters is 1. The van der Waals surface area contributed by atoms with Crippen molar-refractivity contribution in [2.24, 2.45) is 5.11 Å². The van der Waals surface area contributed by atoms with E-state index in [1.54, 1.807) is 6.07 Å². The predicted molar refractivity (Wildman–Crippen MR) is 50.0 cm³/mol. The van der Waals surface area contributed by atoms with Crippen LogP contribution in [0.3, 0.4) is 0 Å². The molecule has 0 aromatic carbocycles. The summed E-state index contributed by atoms with van der Waals surface area (Å²) in [7, 11) is 1.16. The van der Waals surface area contributed by atoms with Crippen LogP contribution in [0.25, 0.3) is 10.4 Å². The fraction of sp³-hybridized carbons (Fsp3) is 0.500. The highest BCUT2D eigenvalue weighted by molar-refractivity contribution is 5.93. The van der Waals surface area contributed by atoms with Crippen LogP contribution in [0.15, 0.2) is 16.5 Å². The number of carbonyl (C=O) groups is 1. The lowest BCUT2D eigenvalue weighted by molar-refractivity contribution is -0.135. The Morgan fingerprint density at radius 2 is 2.40 bits per heavy atom. The molecule has 0 aliphatic heterocycles. The first-order valence-electron chi connectivity index (χ1n) is 4.27. The maximum absolute atomic E-state index is 11.1. The van der Waals surface area contributed by atoms with Gasteiger partial charge in [0.05, 0.1) is 7.11 Å². The van der Waals surface area contributed by atoms with E-state index in [0.717, 1.165) is 20.0 Å². The summed E-state index contributed by atoms with van der Waals surface area (Å²) < 4.78 is 4.39. The summed E-state index contributed by atoms with van der Waals surface area (Å²) in [6.45, 7) is 0. The second-order valence-corrected chi connectivity index (χ2v) is 2.94. The van der Waals surface area contributed by atoms with Gasteiger partial charge in [-0.25, -0.2) is 4.79 Å². The number of nitrogens with zero attached hydrogens (tertiary/aromatic N) is 4. The van der Waals surface area contributed by atoms with Crippen molar-refractivity contribution in [2.75, 3.05) is 7.11 Å². The fourth-order valence-corrected chi connectivity index (χ4v) is 0.914. The van der Waals surface area contributed by atoms with Gasteiger partial charge in [0.2, 0.25) is 0 Å². The molecular formula is C8H9N5O2. The van der Waals surface area contributed by atoms with E-state index in [-0.39, 0.29) is 17.4 Å². The molecule has 0 radical (unpaired) electrons. The minimum Gasteiger partial charge on any atom is -0.465 e. The molecule has 0 aromatic heterocycles. The van der Waals surface area contributed by atoms with Crippen LogP contribution in [-0.2, 0) is 9.53 Å². The standard InChI is InChI=1S/C8H9N5O2/c1-15-8(14)6(4-9)7(12-13-10)11-5-2-3-5/h5,11H,2-3H2,1H3/b7-6+. The number of nitriles is 1. The van der Waals surface area contributed by atoms with Gasteiger partial charge in [-0.1, -0.05) is 0 Å². The van der Waals surface area contributed by atoms with Crippen LogP contribution < -0.4 is 5.32 Å². The first-order chi connectivity index (χ1) is 7.22. The zero-order valence-electron chi connectivity index (χ0n) is 8.10. The number of azide groups is 1. The highest BCUT2D eigenvalue weighted by atomic mass is 16.5. The number of hydrogen-bond donors (Lipinski definition) is 1. The number of carbonyl (C=O) groups excluding carboxylic acids is 1. The lowest BCUT2D eigenvalue weighted by Gasteiger charge is -2.05. The minimum atomic E-state index is -0.812. The van der Waals surface area contributed by atoms with Crippen LogP contribution >= 0.6 is 0 Å². The van der Waals surface area contributed by atoms with Gasteiger partial charge >= 0.3 is 5.97 Å². The average molecular weight is 207 g/mol. The van der Waals surface area contributed by atoms with Crippen molar-refractivity contribution in [1.29, 1.82) is 5.26 Å². The molecule has 78 valence electrons. The Labute approximate surface area is 85.9 Å². The molecule has 0 spiro atoms. The lowest BCUT2D eigenvalue weighted by atomic mass is 10.3. The van der Waals surface area contributed by atoms with Gasteiger partial charge in [-0.3, -0.25) is 0 Å². The molecule has 1 rings (SSSR count). The molecule has 1 aliphatic rings. The van der Waals surface area contributed by atoms with Gasteiger partial charge < -0.3 is 10.1 Å². The largest absolute Gasteiger partial charge is 0.465 e. The quantitative estimate of drug-likeness (QED) is 0.185. The van der Waals surface area contributed by atoms with Gasteiger partial charge in [0.25, 0.3) is 0 Å². The number of ether oxygens (including phenoxy) is 1. The average Bonchev–Trinajstić information content (AvgIpc) is 3.02. The SMILES string of the molecule is COC(=O)/C(C#N)=C(/N=[N+]=[N-])NC1CC1. The van der Waals surface area contributed by atoms with Crippen LogP contribution in [0.4, 0.5) is 0 Å². The van der Waals surface area contributed by atoms with Crippen LogP contribution in [0.5, 0.6) is 0 Å². The van der Waals surface area contributed by atoms with Crippen molar-refractivity contribution < 1.29 is 9.53 Å². The summed E-state index contributed by atoms with van der Waals surface area (Å²) in [4.78, 5) is 13.7. The zero-order valence-corrected chi connectivity index (χ0v) is 8.10. The fourth-order valence-electron chi connectivity index (χ4n) is 0.914. The third-order valence-corrected chi connectivity index (χ3v) is 1.80. The van der Waals surface area contributed by atoms with Crippen molar-refractivity contribution in [2.45, 2.75) is 18.9 Å². The third-order valence-electron chi connectivity index (χ3n) is 1.80. The molecular weight excluding hydrogens is 198 g/mol. The monoisotopic (exact) mass is 207 g/mol. The molecule has 0 unspecified atom stereocenters. The summed E-state index contributed by atoms with van der Waals surface area (Å²) >= 11 is 0. The Morgan fingerprint density at radius 1 is 1.73 bits per heavy atom. The van der Waals surface area contributed by atoms with Crippen molar-refractivity contribution in [3.63, 3.8) is 0 Å². The van der Waals surface area contributed by atoms with Crippen molar-refractivity contribution in [3.8, 4) is 6.07 Å². The van der Waals surface area contributed by atoms with Gasteiger partial charge in [0.1, 0.15) is 11.9 Å². The lowest BCUT2D eigenvalue weighted by Crippen LogP contribution is -2.19. The summed E-state index contributed by atoms with van der Waals surface area (Å²) in [6, 6.07) is 1.83. The summed E-state index contributed by atoms with van der Waals surface area (Å²) in [5.41, 5.74) is 7.99. The molecule has 15 heavy (non-hydrogen) atoms. The van der Waals surface area contributed by atoms with E-state index in [0.29, 0.717) is 0 Å². The number of nitrogens with one attached hydrogen (secondary N) is 1. The molecule has 0 heterocycles. The molecule has 0 saturated heterocycles. The molecule has 1 aliphatic carbocycles. The van der Waals surface area contributed by atoms with E-state index in [1.165, 1.54) is 0 Å². The normalized spacial score (nSPS) is 15.5. The Balaban J connectivity index is 2.97. The maximum Gasteiger partial charge on any atom is 0.350 e. The van der Waals surface area contributed by atoms with Crippen molar-refractivity contribution >= 4 is 5.97 Å². The van der Waals surface area contributed by atoms with Gasteiger partial charge in [-0.05, 0) is 23.5 Å². The molecule has 1 fully saturated rings. The Bertz CT molecular complexity index is 384. The van der Waals surface area contributed by atoms with E-state index >= 15 is 0 Å². The first kappa shape index (κ1) is 10.9. The predicted octanol–water partition coefficient (Wildman–Crippen LogP) is 0.957. The van der Waals surface area contributed by atoms with Crippen LogP contribution in [0.1, 0.15) is 12.8 Å². The molecule has 0 atom stereocenters. The summed E-state index contributed by atoms with van der Waals surface area (Å²) in [5.74, 6) is -0.873. The van der Waals surface area contributed by atoms with Crippen molar-refractivity contribution in [3.05, 3.63) is 21.8 Å². The molecule has 1 saturated carbocycles. The topological polar surface area (TPSA) is 111 Å². The Kier molecular flexibility index (Phi) is 3.55. The van der Waals surface area contributed by atoms with E-state index in [1.807, 2.05) is 0 Å².